The maximum Gasteiger partial charge on any atom is 0.0706 e. The van der Waals surface area contributed by atoms with Gasteiger partial charge in [-0.15, -0.1) is 0 Å². The standard InChI is InChI=1S/C38H56S4/c1-3-5-7-9-11-13-15-17-19-21-23-31-25-27-33-35(29-31)41-37(39-33)38-40-34-28-26-32(30-36(34)42-38)24-22-20-18-16-14-12-10-8-6-4-2/h25-30H,3-24H2,1-2H3/b38-37+. The largest absolute Gasteiger partial charge is 0.0798 e. The molecule has 0 aromatic heterocycles. The molecule has 42 heavy (non-hydrogen) atoms. The Morgan fingerprint density at radius 2 is 0.667 bits per heavy atom. The zero-order valence-corrected chi connectivity index (χ0v) is 29.9. The van der Waals surface area contributed by atoms with Gasteiger partial charge in [0.15, 0.2) is 0 Å². The average Bonchev–Trinajstić information content (AvgIpc) is 3.63. The van der Waals surface area contributed by atoms with Gasteiger partial charge in [-0.05, 0) is 61.1 Å². The molecule has 0 nitrogen and oxygen atoms in total. The highest BCUT2D eigenvalue weighted by atomic mass is 32.2. The summed E-state index contributed by atoms with van der Waals surface area (Å²) in [6.45, 7) is 4.60. The Kier molecular flexibility index (Phi) is 16.9. The highest BCUT2D eigenvalue weighted by molar-refractivity contribution is 8.30. The molecule has 2 heterocycles. The van der Waals surface area contributed by atoms with Crippen molar-refractivity contribution in [3.8, 4) is 0 Å². The second-order valence-electron chi connectivity index (χ2n) is 12.4. The third-order valence-electron chi connectivity index (χ3n) is 8.63. The molecule has 2 aliphatic rings. The van der Waals surface area contributed by atoms with Crippen LogP contribution in [-0.4, -0.2) is 0 Å². The van der Waals surface area contributed by atoms with E-state index >= 15 is 0 Å². The van der Waals surface area contributed by atoms with E-state index in [1.807, 2.05) is 47.0 Å². The summed E-state index contributed by atoms with van der Waals surface area (Å²) in [5.41, 5.74) is 3.05. The molecule has 0 amide bonds. The lowest BCUT2D eigenvalue weighted by Gasteiger charge is -2.04. The van der Waals surface area contributed by atoms with Crippen molar-refractivity contribution in [1.29, 1.82) is 0 Å². The van der Waals surface area contributed by atoms with E-state index in [9.17, 15) is 0 Å². The van der Waals surface area contributed by atoms with Gasteiger partial charge in [-0.3, -0.25) is 0 Å². The van der Waals surface area contributed by atoms with Gasteiger partial charge in [-0.2, -0.15) is 0 Å². The molecule has 0 N–H and O–H groups in total. The van der Waals surface area contributed by atoms with Crippen molar-refractivity contribution >= 4 is 47.0 Å². The lowest BCUT2D eigenvalue weighted by molar-refractivity contribution is 0.556. The summed E-state index contributed by atoms with van der Waals surface area (Å²) in [4.78, 5) is 5.86. The molecule has 4 rings (SSSR count). The molecule has 0 atom stereocenters. The van der Waals surface area contributed by atoms with Gasteiger partial charge < -0.3 is 0 Å². The molecule has 0 aliphatic carbocycles. The first-order chi connectivity index (χ1) is 20.8. The van der Waals surface area contributed by atoms with Crippen molar-refractivity contribution in [2.45, 2.75) is 175 Å². The lowest BCUT2D eigenvalue weighted by atomic mass is 10.0. The van der Waals surface area contributed by atoms with Crippen LogP contribution in [0.4, 0.5) is 0 Å². The van der Waals surface area contributed by atoms with Crippen LogP contribution in [0.2, 0.25) is 0 Å². The smallest absolute Gasteiger partial charge is 0.0706 e. The Labute approximate surface area is 276 Å². The number of hydrogen-bond donors (Lipinski definition) is 0. The van der Waals surface area contributed by atoms with Crippen molar-refractivity contribution in [1.82, 2.24) is 0 Å². The van der Waals surface area contributed by atoms with Crippen molar-refractivity contribution in [2.75, 3.05) is 0 Å². The number of thioether (sulfide) groups is 4. The van der Waals surface area contributed by atoms with Crippen LogP contribution >= 0.6 is 47.0 Å². The van der Waals surface area contributed by atoms with Crippen LogP contribution < -0.4 is 0 Å². The topological polar surface area (TPSA) is 0 Å². The average molecular weight is 641 g/mol. The van der Waals surface area contributed by atoms with Gasteiger partial charge in [0.25, 0.3) is 0 Å². The maximum absolute atomic E-state index is 2.48. The van der Waals surface area contributed by atoms with Crippen molar-refractivity contribution < 1.29 is 0 Å². The third kappa shape index (κ3) is 12.2. The number of fused-ring (bicyclic) bond motifs is 2. The minimum Gasteiger partial charge on any atom is -0.0798 e. The molecule has 0 unspecified atom stereocenters. The SMILES string of the molecule is CCCCCCCCCCCCc1ccc2c(c1)S/C(=C1\Sc3ccc(CCCCCCCCCCCC)cc3S1)S2. The molecule has 0 fully saturated rings. The summed E-state index contributed by atoms with van der Waals surface area (Å²) < 4.78 is 2.98. The van der Waals surface area contributed by atoms with E-state index in [2.05, 4.69) is 50.2 Å². The summed E-state index contributed by atoms with van der Waals surface area (Å²) in [6.07, 6.45) is 30.7. The maximum atomic E-state index is 2.48. The van der Waals surface area contributed by atoms with Gasteiger partial charge in [-0.25, -0.2) is 0 Å². The number of rotatable bonds is 22. The second kappa shape index (κ2) is 20.6. The highest BCUT2D eigenvalue weighted by Crippen LogP contribution is 2.61. The van der Waals surface area contributed by atoms with Gasteiger partial charge in [0, 0.05) is 19.6 Å². The first kappa shape index (κ1) is 34.5. The summed E-state index contributed by atoms with van der Waals surface area (Å²) in [5.74, 6) is 0. The zero-order valence-electron chi connectivity index (χ0n) is 26.7. The minimum atomic E-state index is 1.23. The summed E-state index contributed by atoms with van der Waals surface area (Å²) in [5, 5.41) is 0. The predicted molar refractivity (Wildman–Crippen MR) is 194 cm³/mol. The fourth-order valence-electron chi connectivity index (χ4n) is 5.99. The van der Waals surface area contributed by atoms with E-state index < -0.39 is 0 Å². The van der Waals surface area contributed by atoms with Crippen LogP contribution in [0.15, 0.2) is 64.5 Å². The fraction of sp³-hybridized carbons (Fsp3) is 0.632. The van der Waals surface area contributed by atoms with Crippen molar-refractivity contribution in [3.05, 3.63) is 56.0 Å². The number of aryl methyl sites for hydroxylation is 2. The summed E-state index contributed by atoms with van der Waals surface area (Å²) in [7, 11) is 0. The first-order valence-electron chi connectivity index (χ1n) is 17.5. The second-order valence-corrected chi connectivity index (χ2v) is 17.1. The predicted octanol–water partition coefficient (Wildman–Crippen LogP) is 14.8. The number of hydrogen-bond acceptors (Lipinski definition) is 4. The van der Waals surface area contributed by atoms with Crippen LogP contribution in [0.1, 0.15) is 153 Å². The summed E-state index contributed by atoms with van der Waals surface area (Å²) in [6, 6.07) is 14.5. The molecule has 2 aliphatic heterocycles. The summed E-state index contributed by atoms with van der Waals surface area (Å²) >= 11 is 8.00. The van der Waals surface area contributed by atoms with Gasteiger partial charge >= 0.3 is 0 Å². The Balaban J connectivity index is 1.13. The van der Waals surface area contributed by atoms with E-state index in [1.54, 1.807) is 0 Å². The van der Waals surface area contributed by atoms with E-state index in [0.717, 1.165) is 0 Å². The number of benzene rings is 2. The van der Waals surface area contributed by atoms with E-state index in [4.69, 9.17) is 0 Å². The van der Waals surface area contributed by atoms with Crippen molar-refractivity contribution in [3.63, 3.8) is 0 Å². The molecule has 0 spiro atoms. The number of unbranched alkanes of at least 4 members (excludes halogenated alkanes) is 18. The van der Waals surface area contributed by atoms with Crippen molar-refractivity contribution in [2.24, 2.45) is 0 Å². The van der Waals surface area contributed by atoms with Crippen LogP contribution in [-0.2, 0) is 12.8 Å². The fourth-order valence-corrected chi connectivity index (χ4v) is 11.4. The Hall–Kier alpha value is -0.420. The van der Waals surface area contributed by atoms with Crippen LogP contribution in [0.5, 0.6) is 0 Å². The molecule has 232 valence electrons. The van der Waals surface area contributed by atoms with Crippen LogP contribution in [0, 0.1) is 0 Å². The van der Waals surface area contributed by atoms with Crippen LogP contribution in [0.3, 0.4) is 0 Å². The quantitative estimate of drug-likeness (QED) is 0.117. The highest BCUT2D eigenvalue weighted by Gasteiger charge is 2.27. The third-order valence-corrected chi connectivity index (χ3v) is 14.2. The van der Waals surface area contributed by atoms with Gasteiger partial charge in [0.2, 0.25) is 0 Å². The Morgan fingerprint density at radius 1 is 0.357 bits per heavy atom. The zero-order chi connectivity index (χ0) is 29.2. The van der Waals surface area contributed by atoms with Gasteiger partial charge in [0.1, 0.15) is 0 Å². The van der Waals surface area contributed by atoms with E-state index in [0.29, 0.717) is 0 Å². The molecular formula is C38H56S4. The van der Waals surface area contributed by atoms with E-state index in [-0.39, 0.29) is 0 Å². The molecule has 0 saturated heterocycles. The van der Waals surface area contributed by atoms with E-state index in [1.165, 1.54) is 180 Å². The molecule has 0 bridgehead atoms. The Bertz CT molecular complexity index is 1000. The van der Waals surface area contributed by atoms with Crippen LogP contribution in [0.25, 0.3) is 0 Å². The first-order valence-corrected chi connectivity index (χ1v) is 20.7. The Morgan fingerprint density at radius 3 is 1.02 bits per heavy atom. The van der Waals surface area contributed by atoms with Gasteiger partial charge in [0.05, 0.1) is 8.47 Å². The minimum absolute atomic E-state index is 1.23. The molecule has 0 radical (unpaired) electrons. The molecule has 2 aromatic carbocycles. The molecule has 0 saturated carbocycles. The lowest BCUT2D eigenvalue weighted by Crippen LogP contribution is -1.87. The molecule has 2 aromatic rings. The monoisotopic (exact) mass is 640 g/mol. The molecule has 4 heteroatoms. The van der Waals surface area contributed by atoms with Gasteiger partial charge in [-0.1, -0.05) is 189 Å². The molecular weight excluding hydrogens is 585 g/mol. The normalized spacial score (nSPS) is 15.9.